The summed E-state index contributed by atoms with van der Waals surface area (Å²) in [4.78, 5) is 18.3. The van der Waals surface area contributed by atoms with Crippen LogP contribution in [0.25, 0.3) is 10.9 Å². The average Bonchev–Trinajstić information content (AvgIpc) is 2.75. The molecule has 0 atom stereocenters. The van der Waals surface area contributed by atoms with Crippen molar-refractivity contribution in [2.45, 2.75) is 71.9 Å². The lowest BCUT2D eigenvalue weighted by Gasteiger charge is -2.36. The monoisotopic (exact) mass is 429 g/mol. The van der Waals surface area contributed by atoms with E-state index in [4.69, 9.17) is 17.0 Å². The summed E-state index contributed by atoms with van der Waals surface area (Å²) in [5.41, 5.74) is 3.96. The number of aryl methyl sites for hydroxylation is 2. The normalized spacial score (nSPS) is 14.8. The maximum absolute atomic E-state index is 12.9. The summed E-state index contributed by atoms with van der Waals surface area (Å²) in [5.74, 6) is 0. The summed E-state index contributed by atoms with van der Waals surface area (Å²) >= 11 is 5.78. The molecule has 0 spiro atoms. The van der Waals surface area contributed by atoms with Gasteiger partial charge < -0.3 is 19.9 Å². The summed E-state index contributed by atoms with van der Waals surface area (Å²) in [6.07, 6.45) is 6.91. The zero-order chi connectivity index (χ0) is 21.5. The smallest absolute Gasteiger partial charge is 0.253 e. The van der Waals surface area contributed by atoms with Crippen molar-refractivity contribution < 1.29 is 4.74 Å². The van der Waals surface area contributed by atoms with Crippen LogP contribution in [0.2, 0.25) is 0 Å². The summed E-state index contributed by atoms with van der Waals surface area (Å²) in [7, 11) is 0. The topological polar surface area (TPSA) is 57.4 Å². The molecule has 0 radical (unpaired) electrons. The zero-order valence-electron chi connectivity index (χ0n) is 18.6. The number of nitrogens with zero attached hydrogens (tertiary/aromatic N) is 1. The number of fused-ring (bicyclic) bond motifs is 1. The number of benzene rings is 1. The van der Waals surface area contributed by atoms with E-state index in [0.29, 0.717) is 12.6 Å². The van der Waals surface area contributed by atoms with Gasteiger partial charge in [-0.05, 0) is 69.4 Å². The lowest BCUT2D eigenvalue weighted by Crippen LogP contribution is -2.47. The summed E-state index contributed by atoms with van der Waals surface area (Å²) < 4.78 is 5.42. The highest BCUT2D eigenvalue weighted by molar-refractivity contribution is 7.80. The Labute approximate surface area is 185 Å². The number of rotatable bonds is 8. The van der Waals surface area contributed by atoms with Crippen molar-refractivity contribution in [3.63, 3.8) is 0 Å². The van der Waals surface area contributed by atoms with Crippen LogP contribution in [0.5, 0.6) is 0 Å². The van der Waals surface area contributed by atoms with Crippen molar-refractivity contribution >= 4 is 28.2 Å². The van der Waals surface area contributed by atoms with E-state index in [-0.39, 0.29) is 5.56 Å². The molecule has 1 saturated carbocycles. The lowest BCUT2D eigenvalue weighted by molar-refractivity contribution is 0.145. The van der Waals surface area contributed by atoms with Gasteiger partial charge in [0.05, 0.1) is 12.1 Å². The predicted molar refractivity (Wildman–Crippen MR) is 128 cm³/mol. The number of H-pyrrole nitrogens is 1. The van der Waals surface area contributed by atoms with Crippen molar-refractivity contribution in [3.8, 4) is 0 Å². The van der Waals surface area contributed by atoms with Crippen LogP contribution in [0.4, 0.5) is 0 Å². The Balaban J connectivity index is 1.81. The first-order valence-corrected chi connectivity index (χ1v) is 11.7. The van der Waals surface area contributed by atoms with Gasteiger partial charge in [-0.2, -0.15) is 0 Å². The minimum absolute atomic E-state index is 0.0174. The van der Waals surface area contributed by atoms with E-state index in [9.17, 15) is 4.79 Å². The summed E-state index contributed by atoms with van der Waals surface area (Å²) in [6.45, 7) is 8.93. The van der Waals surface area contributed by atoms with E-state index in [1.54, 1.807) is 0 Å². The van der Waals surface area contributed by atoms with E-state index in [2.05, 4.69) is 40.3 Å². The predicted octanol–water partition coefficient (Wildman–Crippen LogP) is 4.58. The molecule has 164 valence electrons. The Morgan fingerprint density at radius 3 is 2.70 bits per heavy atom. The van der Waals surface area contributed by atoms with Crippen LogP contribution in [0.1, 0.15) is 62.1 Å². The molecular weight excluding hydrogens is 394 g/mol. The molecule has 3 rings (SSSR count). The van der Waals surface area contributed by atoms with Crippen molar-refractivity contribution in [2.75, 3.05) is 19.8 Å². The molecule has 1 aliphatic carbocycles. The number of pyridine rings is 1. The highest BCUT2D eigenvalue weighted by Gasteiger charge is 2.24. The number of hydrogen-bond acceptors (Lipinski definition) is 3. The van der Waals surface area contributed by atoms with Gasteiger partial charge in [0.2, 0.25) is 0 Å². The van der Waals surface area contributed by atoms with Crippen molar-refractivity contribution in [2.24, 2.45) is 0 Å². The molecule has 1 aromatic carbocycles. The first kappa shape index (κ1) is 22.8. The van der Waals surface area contributed by atoms with E-state index >= 15 is 0 Å². The highest BCUT2D eigenvalue weighted by Crippen LogP contribution is 2.25. The third-order valence-corrected chi connectivity index (χ3v) is 6.46. The molecule has 2 aromatic rings. The van der Waals surface area contributed by atoms with Crippen LogP contribution in [-0.4, -0.2) is 40.8 Å². The van der Waals surface area contributed by atoms with Crippen molar-refractivity contribution in [1.82, 2.24) is 15.2 Å². The van der Waals surface area contributed by atoms with Crippen molar-refractivity contribution in [3.05, 3.63) is 45.2 Å². The molecule has 0 amide bonds. The zero-order valence-corrected chi connectivity index (χ0v) is 19.4. The molecule has 6 heteroatoms. The molecule has 1 fully saturated rings. The van der Waals surface area contributed by atoms with Crippen LogP contribution in [-0.2, 0) is 11.3 Å². The number of aromatic amines is 1. The van der Waals surface area contributed by atoms with E-state index in [0.717, 1.165) is 66.2 Å². The second-order valence-electron chi connectivity index (χ2n) is 8.31. The quantitative estimate of drug-likeness (QED) is 0.475. The third kappa shape index (κ3) is 5.61. The maximum atomic E-state index is 12.9. The van der Waals surface area contributed by atoms with Gasteiger partial charge in [-0.1, -0.05) is 31.4 Å². The van der Waals surface area contributed by atoms with Gasteiger partial charge in [0.15, 0.2) is 5.11 Å². The number of hydrogen-bond donors (Lipinski definition) is 2. The molecule has 2 N–H and O–H groups in total. The first-order valence-electron chi connectivity index (χ1n) is 11.3. The fourth-order valence-corrected chi connectivity index (χ4v) is 4.61. The Morgan fingerprint density at radius 1 is 1.23 bits per heavy atom. The van der Waals surface area contributed by atoms with Crippen LogP contribution in [0.15, 0.2) is 23.0 Å². The second kappa shape index (κ2) is 10.9. The van der Waals surface area contributed by atoms with E-state index in [1.165, 1.54) is 24.8 Å². The van der Waals surface area contributed by atoms with Gasteiger partial charge in [-0.3, -0.25) is 4.79 Å². The number of nitrogens with one attached hydrogen (secondary N) is 2. The van der Waals surface area contributed by atoms with Gasteiger partial charge in [-0.15, -0.1) is 0 Å². The molecule has 0 unspecified atom stereocenters. The van der Waals surface area contributed by atoms with Crippen LogP contribution in [0.3, 0.4) is 0 Å². The lowest BCUT2D eigenvalue weighted by atomic mass is 9.94. The maximum Gasteiger partial charge on any atom is 0.253 e. The Bertz CT molecular complexity index is 919. The standard InChI is InChI=1S/C24H35N3O2S/c1-4-29-14-8-13-25-24(30)27(20-9-6-5-7-10-20)16-19-15-21-17(2)11-12-18(3)22(21)26-23(19)28/h11-12,15,20H,4-10,13-14,16H2,1-3H3,(H,25,30)(H,26,28). The van der Waals surface area contributed by atoms with Crippen LogP contribution in [0, 0.1) is 13.8 Å². The van der Waals surface area contributed by atoms with Gasteiger partial charge in [-0.25, -0.2) is 0 Å². The molecule has 1 heterocycles. The van der Waals surface area contributed by atoms with Gasteiger partial charge in [0.25, 0.3) is 5.56 Å². The summed E-state index contributed by atoms with van der Waals surface area (Å²) in [5, 5.41) is 5.27. The summed E-state index contributed by atoms with van der Waals surface area (Å²) in [6, 6.07) is 6.62. The van der Waals surface area contributed by atoms with Crippen LogP contribution >= 0.6 is 12.2 Å². The SMILES string of the molecule is CCOCCCNC(=S)N(Cc1cc2c(C)ccc(C)c2[nH]c1=O)C1CCCCC1. The largest absolute Gasteiger partial charge is 0.382 e. The average molecular weight is 430 g/mol. The van der Waals surface area contributed by atoms with E-state index < -0.39 is 0 Å². The second-order valence-corrected chi connectivity index (χ2v) is 8.70. The minimum Gasteiger partial charge on any atom is -0.382 e. The number of ether oxygens (including phenoxy) is 1. The minimum atomic E-state index is -0.0174. The van der Waals surface area contributed by atoms with Gasteiger partial charge >= 0.3 is 0 Å². The van der Waals surface area contributed by atoms with Crippen molar-refractivity contribution in [1.29, 1.82) is 0 Å². The molecule has 0 aliphatic heterocycles. The molecule has 0 saturated heterocycles. The Kier molecular flexibility index (Phi) is 8.28. The molecule has 30 heavy (non-hydrogen) atoms. The Hall–Kier alpha value is -1.92. The molecule has 1 aromatic heterocycles. The highest BCUT2D eigenvalue weighted by atomic mass is 32.1. The van der Waals surface area contributed by atoms with Gasteiger partial charge in [0.1, 0.15) is 0 Å². The fourth-order valence-electron chi connectivity index (χ4n) is 4.29. The number of aromatic nitrogens is 1. The van der Waals surface area contributed by atoms with Crippen LogP contribution < -0.4 is 10.9 Å². The molecular formula is C24H35N3O2S. The molecule has 5 nitrogen and oxygen atoms in total. The molecule has 1 aliphatic rings. The third-order valence-electron chi connectivity index (χ3n) is 6.08. The fraction of sp³-hybridized carbons (Fsp3) is 0.583. The van der Waals surface area contributed by atoms with Gasteiger partial charge in [0, 0.05) is 36.8 Å². The first-order chi connectivity index (χ1) is 14.5. The van der Waals surface area contributed by atoms with E-state index in [1.807, 2.05) is 13.8 Å². The Morgan fingerprint density at radius 2 is 1.97 bits per heavy atom. The number of thiocarbonyl (C=S) groups is 1. The molecule has 0 bridgehead atoms.